The second-order valence-electron chi connectivity index (χ2n) is 6.68. The van der Waals surface area contributed by atoms with Gasteiger partial charge in [-0.05, 0) is 49.2 Å². The fraction of sp³-hybridized carbons (Fsp3) is 0.250. The van der Waals surface area contributed by atoms with Crippen LogP contribution in [0.3, 0.4) is 0 Å². The molecular formula is C20H16F3N3O2. The van der Waals surface area contributed by atoms with E-state index in [1.165, 1.54) is 30.3 Å². The van der Waals surface area contributed by atoms with E-state index >= 15 is 0 Å². The van der Waals surface area contributed by atoms with Gasteiger partial charge in [0.25, 0.3) is 5.91 Å². The first-order valence-corrected chi connectivity index (χ1v) is 8.85. The van der Waals surface area contributed by atoms with Gasteiger partial charge in [0, 0.05) is 24.7 Å². The molecule has 1 fully saturated rings. The van der Waals surface area contributed by atoms with Gasteiger partial charge in [0.15, 0.2) is 0 Å². The second-order valence-corrected chi connectivity index (χ2v) is 6.68. The smallest absolute Gasteiger partial charge is 0.253 e. The van der Waals surface area contributed by atoms with E-state index in [2.05, 4.69) is 10.1 Å². The van der Waals surface area contributed by atoms with Crippen LogP contribution in [-0.4, -0.2) is 34.0 Å². The van der Waals surface area contributed by atoms with Gasteiger partial charge in [0.05, 0.1) is 11.5 Å². The van der Waals surface area contributed by atoms with E-state index in [9.17, 15) is 18.0 Å². The van der Waals surface area contributed by atoms with Gasteiger partial charge in [0.1, 0.15) is 17.5 Å². The van der Waals surface area contributed by atoms with Gasteiger partial charge in [-0.25, -0.2) is 13.2 Å². The van der Waals surface area contributed by atoms with Gasteiger partial charge in [-0.2, -0.15) is 4.98 Å². The Labute approximate surface area is 158 Å². The summed E-state index contributed by atoms with van der Waals surface area (Å²) < 4.78 is 45.4. The number of hydrogen-bond acceptors (Lipinski definition) is 4. The fourth-order valence-electron chi connectivity index (χ4n) is 3.32. The number of likely N-dealkylation sites (tertiary alicyclic amines) is 1. The molecule has 1 aromatic heterocycles. The maximum atomic E-state index is 13.9. The molecule has 1 aliphatic rings. The lowest BCUT2D eigenvalue weighted by molar-refractivity contribution is 0.0695. The van der Waals surface area contributed by atoms with Crippen LogP contribution in [0.4, 0.5) is 13.2 Å². The molecule has 0 spiro atoms. The van der Waals surface area contributed by atoms with E-state index < -0.39 is 17.5 Å². The van der Waals surface area contributed by atoms with Gasteiger partial charge >= 0.3 is 0 Å². The van der Waals surface area contributed by atoms with Crippen LogP contribution in [-0.2, 0) is 0 Å². The van der Waals surface area contributed by atoms with Crippen molar-refractivity contribution >= 4 is 5.91 Å². The summed E-state index contributed by atoms with van der Waals surface area (Å²) in [6, 6.07) is 8.52. The van der Waals surface area contributed by atoms with E-state index in [1.807, 2.05) is 0 Å². The summed E-state index contributed by atoms with van der Waals surface area (Å²) in [5.74, 6) is -1.92. The number of rotatable bonds is 3. The molecule has 3 aromatic rings. The number of benzene rings is 2. The van der Waals surface area contributed by atoms with E-state index in [0.717, 1.165) is 25.0 Å². The summed E-state index contributed by atoms with van der Waals surface area (Å²) in [4.78, 5) is 18.5. The highest BCUT2D eigenvalue weighted by atomic mass is 19.1. The topological polar surface area (TPSA) is 59.2 Å². The summed E-state index contributed by atoms with van der Waals surface area (Å²) in [5.41, 5.74) is 0.452. The molecule has 0 unspecified atom stereocenters. The van der Waals surface area contributed by atoms with Crippen molar-refractivity contribution in [3.05, 3.63) is 71.4 Å². The van der Waals surface area contributed by atoms with Crippen LogP contribution in [0, 0.1) is 17.5 Å². The van der Waals surface area contributed by atoms with Crippen LogP contribution in [0.5, 0.6) is 0 Å². The highest BCUT2D eigenvalue weighted by Gasteiger charge is 2.29. The first-order valence-electron chi connectivity index (χ1n) is 8.85. The first-order chi connectivity index (χ1) is 13.5. The van der Waals surface area contributed by atoms with Gasteiger partial charge in [-0.1, -0.05) is 5.16 Å². The molecule has 0 radical (unpaired) electrons. The van der Waals surface area contributed by atoms with Crippen molar-refractivity contribution in [3.8, 4) is 11.4 Å². The lowest BCUT2D eigenvalue weighted by atomic mass is 9.97. The molecule has 28 heavy (non-hydrogen) atoms. The van der Waals surface area contributed by atoms with Crippen LogP contribution in [0.1, 0.15) is 35.0 Å². The highest BCUT2D eigenvalue weighted by molar-refractivity contribution is 5.94. The van der Waals surface area contributed by atoms with E-state index in [-0.39, 0.29) is 23.2 Å². The van der Waals surface area contributed by atoms with Crippen molar-refractivity contribution in [2.75, 3.05) is 13.1 Å². The molecule has 2 heterocycles. The number of hydrogen-bond donors (Lipinski definition) is 0. The molecule has 2 aromatic carbocycles. The van der Waals surface area contributed by atoms with Crippen molar-refractivity contribution in [2.24, 2.45) is 0 Å². The average molecular weight is 387 g/mol. The maximum Gasteiger partial charge on any atom is 0.253 e. The van der Waals surface area contributed by atoms with Gasteiger partial charge in [-0.15, -0.1) is 0 Å². The molecule has 0 bridgehead atoms. The van der Waals surface area contributed by atoms with E-state index in [0.29, 0.717) is 24.5 Å². The molecule has 0 saturated carbocycles. The fourth-order valence-corrected chi connectivity index (χ4v) is 3.32. The number of nitrogens with zero attached hydrogens (tertiary/aromatic N) is 3. The Bertz CT molecular complexity index is 1000. The van der Waals surface area contributed by atoms with Crippen LogP contribution in [0.15, 0.2) is 47.0 Å². The zero-order chi connectivity index (χ0) is 19.7. The normalized spacial score (nSPS) is 17.0. The minimum absolute atomic E-state index is 0.0366. The third-order valence-corrected chi connectivity index (χ3v) is 4.76. The van der Waals surface area contributed by atoms with Gasteiger partial charge < -0.3 is 9.42 Å². The summed E-state index contributed by atoms with van der Waals surface area (Å²) in [7, 11) is 0. The molecule has 1 saturated heterocycles. The second kappa shape index (κ2) is 7.46. The molecule has 1 atom stereocenters. The molecule has 1 amide bonds. The average Bonchev–Trinajstić information content (AvgIpc) is 3.18. The molecule has 4 rings (SSSR count). The van der Waals surface area contributed by atoms with Gasteiger partial charge in [-0.3, -0.25) is 4.79 Å². The zero-order valence-corrected chi connectivity index (χ0v) is 14.7. The predicted octanol–water partition coefficient (Wildman–Crippen LogP) is 4.17. The Kier molecular flexibility index (Phi) is 4.85. The number of amides is 1. The van der Waals surface area contributed by atoms with Gasteiger partial charge in [0.2, 0.25) is 11.7 Å². The lowest BCUT2D eigenvalue weighted by Gasteiger charge is -2.31. The van der Waals surface area contributed by atoms with E-state index in [1.54, 1.807) is 4.90 Å². The number of piperidine rings is 1. The SMILES string of the molecule is O=C(c1ccc(F)cc1)N1CCC[C@H](c2nc(-c3ccc(F)cc3F)no2)C1. The van der Waals surface area contributed by atoms with Crippen molar-refractivity contribution in [3.63, 3.8) is 0 Å². The Morgan fingerprint density at radius 3 is 2.57 bits per heavy atom. The number of aromatic nitrogens is 2. The summed E-state index contributed by atoms with van der Waals surface area (Å²) >= 11 is 0. The van der Waals surface area contributed by atoms with Crippen LogP contribution < -0.4 is 0 Å². The summed E-state index contributed by atoms with van der Waals surface area (Å²) in [6.07, 6.45) is 1.47. The quantitative estimate of drug-likeness (QED) is 0.677. The first kappa shape index (κ1) is 18.2. The molecule has 144 valence electrons. The summed E-state index contributed by atoms with van der Waals surface area (Å²) in [5, 5.41) is 3.80. The standard InChI is InChI=1S/C20H16F3N3O2/c21-14-5-3-12(4-6-14)20(27)26-9-1-2-13(11-26)19-24-18(25-28-19)16-8-7-15(22)10-17(16)23/h3-8,10,13H,1-2,9,11H2/t13-/m0/s1. The Hall–Kier alpha value is -3.16. The number of halogens is 3. The molecule has 5 nitrogen and oxygen atoms in total. The Balaban J connectivity index is 1.51. The monoisotopic (exact) mass is 387 g/mol. The molecule has 1 aliphatic heterocycles. The van der Waals surface area contributed by atoms with Crippen molar-refractivity contribution in [1.29, 1.82) is 0 Å². The third-order valence-electron chi connectivity index (χ3n) is 4.76. The molecule has 0 aliphatic carbocycles. The van der Waals surface area contributed by atoms with Crippen LogP contribution >= 0.6 is 0 Å². The predicted molar refractivity (Wildman–Crippen MR) is 93.9 cm³/mol. The lowest BCUT2D eigenvalue weighted by Crippen LogP contribution is -2.39. The maximum absolute atomic E-state index is 13.9. The molecular weight excluding hydrogens is 371 g/mol. The van der Waals surface area contributed by atoms with Crippen molar-refractivity contribution < 1.29 is 22.5 Å². The third kappa shape index (κ3) is 3.62. The van der Waals surface area contributed by atoms with Crippen LogP contribution in [0.25, 0.3) is 11.4 Å². The Morgan fingerprint density at radius 2 is 1.82 bits per heavy atom. The highest BCUT2D eigenvalue weighted by Crippen LogP contribution is 2.29. The largest absolute Gasteiger partial charge is 0.339 e. The summed E-state index contributed by atoms with van der Waals surface area (Å²) in [6.45, 7) is 0.935. The minimum atomic E-state index is -0.774. The van der Waals surface area contributed by atoms with E-state index in [4.69, 9.17) is 4.52 Å². The zero-order valence-electron chi connectivity index (χ0n) is 14.7. The minimum Gasteiger partial charge on any atom is -0.339 e. The Morgan fingerprint density at radius 1 is 1.07 bits per heavy atom. The molecule has 0 N–H and O–H groups in total. The number of carbonyl (C=O) groups is 1. The number of carbonyl (C=O) groups excluding carboxylic acids is 1. The van der Waals surface area contributed by atoms with Crippen molar-refractivity contribution in [1.82, 2.24) is 15.0 Å². The van der Waals surface area contributed by atoms with Crippen molar-refractivity contribution in [2.45, 2.75) is 18.8 Å². The molecule has 8 heteroatoms. The van der Waals surface area contributed by atoms with Crippen LogP contribution in [0.2, 0.25) is 0 Å².